The van der Waals surface area contributed by atoms with Gasteiger partial charge >= 0.3 is 5.97 Å². The quantitative estimate of drug-likeness (QED) is 0.782. The number of carboxylic acids is 1. The van der Waals surface area contributed by atoms with Gasteiger partial charge in [-0.25, -0.2) is 0 Å². The summed E-state index contributed by atoms with van der Waals surface area (Å²) in [5, 5.41) is 12.1. The number of hydrogen-bond acceptors (Lipinski definition) is 3. The summed E-state index contributed by atoms with van der Waals surface area (Å²) in [5.41, 5.74) is -0.763. The van der Waals surface area contributed by atoms with Crippen molar-refractivity contribution in [1.29, 1.82) is 0 Å². The van der Waals surface area contributed by atoms with Gasteiger partial charge in [-0.2, -0.15) is 0 Å². The Hall–Kier alpha value is -1.29. The summed E-state index contributed by atoms with van der Waals surface area (Å²) in [6.07, 6.45) is 1.61. The molecular weight excluding hydrogens is 194 g/mol. The molecule has 1 atom stereocenters. The van der Waals surface area contributed by atoms with Crippen LogP contribution in [0.2, 0.25) is 0 Å². The lowest BCUT2D eigenvalue weighted by Gasteiger charge is -2.21. The van der Waals surface area contributed by atoms with Gasteiger partial charge in [-0.1, -0.05) is 0 Å². The van der Waals surface area contributed by atoms with E-state index in [4.69, 9.17) is 9.52 Å². The van der Waals surface area contributed by atoms with Crippen molar-refractivity contribution in [2.75, 3.05) is 6.54 Å². The van der Waals surface area contributed by atoms with E-state index in [9.17, 15) is 4.79 Å². The maximum Gasteiger partial charge on any atom is 0.310 e. The molecule has 0 aliphatic heterocycles. The first kappa shape index (κ1) is 11.8. The van der Waals surface area contributed by atoms with Crippen molar-refractivity contribution < 1.29 is 14.3 Å². The number of aliphatic carboxylic acids is 1. The van der Waals surface area contributed by atoms with E-state index in [0.29, 0.717) is 6.54 Å². The van der Waals surface area contributed by atoms with Crippen LogP contribution in [0.15, 0.2) is 22.8 Å². The zero-order valence-electron chi connectivity index (χ0n) is 9.28. The highest BCUT2D eigenvalue weighted by molar-refractivity contribution is 5.73. The van der Waals surface area contributed by atoms with Crippen LogP contribution in [-0.4, -0.2) is 17.6 Å². The molecule has 0 radical (unpaired) electrons. The topological polar surface area (TPSA) is 62.5 Å². The number of carbonyl (C=O) groups is 1. The monoisotopic (exact) mass is 211 g/mol. The van der Waals surface area contributed by atoms with Crippen LogP contribution in [0.3, 0.4) is 0 Å². The lowest BCUT2D eigenvalue weighted by molar-refractivity contribution is -0.146. The second-order valence-electron chi connectivity index (χ2n) is 4.31. The normalized spacial score (nSPS) is 13.8. The zero-order chi connectivity index (χ0) is 11.5. The molecule has 0 spiro atoms. The second kappa shape index (κ2) is 4.49. The molecule has 84 valence electrons. The lowest BCUT2D eigenvalue weighted by Crippen LogP contribution is -2.37. The summed E-state index contributed by atoms with van der Waals surface area (Å²) in [6.45, 7) is 5.73. The molecule has 1 aromatic rings. The zero-order valence-corrected chi connectivity index (χ0v) is 9.28. The van der Waals surface area contributed by atoms with Crippen molar-refractivity contribution in [3.8, 4) is 0 Å². The molecule has 0 fully saturated rings. The minimum atomic E-state index is -0.804. The van der Waals surface area contributed by atoms with E-state index in [0.717, 1.165) is 5.76 Å². The summed E-state index contributed by atoms with van der Waals surface area (Å²) in [5.74, 6) is 0.0119. The molecule has 0 saturated heterocycles. The predicted octanol–water partition coefficient (Wildman–Crippen LogP) is 2.04. The standard InChI is InChI=1S/C11H17NO3/c1-8(9-5-4-6-15-9)12-7-11(2,3)10(13)14/h4-6,8,12H,7H2,1-3H3,(H,13,14)/t8-/m0/s1. The maximum atomic E-state index is 10.9. The molecule has 1 rings (SSSR count). The van der Waals surface area contributed by atoms with Crippen LogP contribution in [0, 0.1) is 5.41 Å². The smallest absolute Gasteiger partial charge is 0.310 e. The van der Waals surface area contributed by atoms with Gasteiger partial charge in [0.2, 0.25) is 0 Å². The Morgan fingerprint density at radius 3 is 2.80 bits per heavy atom. The van der Waals surface area contributed by atoms with Gasteiger partial charge in [-0.15, -0.1) is 0 Å². The molecule has 0 unspecified atom stereocenters. The minimum Gasteiger partial charge on any atom is -0.481 e. The summed E-state index contributed by atoms with van der Waals surface area (Å²) >= 11 is 0. The molecule has 4 nitrogen and oxygen atoms in total. The predicted molar refractivity (Wildman–Crippen MR) is 56.5 cm³/mol. The molecule has 15 heavy (non-hydrogen) atoms. The van der Waals surface area contributed by atoms with Crippen LogP contribution in [-0.2, 0) is 4.79 Å². The summed E-state index contributed by atoms with van der Waals surface area (Å²) in [6, 6.07) is 3.71. The molecule has 0 amide bonds. The van der Waals surface area contributed by atoms with Crippen molar-refractivity contribution in [3.05, 3.63) is 24.2 Å². The third-order valence-corrected chi connectivity index (χ3v) is 2.40. The molecule has 0 saturated carbocycles. The Labute approximate surface area is 89.3 Å². The molecule has 1 aromatic heterocycles. The third kappa shape index (κ3) is 3.09. The van der Waals surface area contributed by atoms with Crippen molar-refractivity contribution in [3.63, 3.8) is 0 Å². The fraction of sp³-hybridized carbons (Fsp3) is 0.545. The van der Waals surface area contributed by atoms with Crippen LogP contribution in [0.5, 0.6) is 0 Å². The maximum absolute atomic E-state index is 10.9. The van der Waals surface area contributed by atoms with Gasteiger partial charge in [0.15, 0.2) is 0 Å². The highest BCUT2D eigenvalue weighted by Gasteiger charge is 2.27. The Bertz CT molecular complexity index is 317. The average Bonchev–Trinajstić information content (AvgIpc) is 2.66. The first-order valence-electron chi connectivity index (χ1n) is 4.93. The molecule has 4 heteroatoms. The fourth-order valence-corrected chi connectivity index (χ4v) is 1.12. The van der Waals surface area contributed by atoms with Crippen LogP contribution >= 0.6 is 0 Å². The van der Waals surface area contributed by atoms with E-state index < -0.39 is 11.4 Å². The van der Waals surface area contributed by atoms with E-state index in [-0.39, 0.29) is 6.04 Å². The molecular formula is C11H17NO3. The number of nitrogens with one attached hydrogen (secondary N) is 1. The van der Waals surface area contributed by atoms with Crippen LogP contribution in [0.1, 0.15) is 32.6 Å². The van der Waals surface area contributed by atoms with Crippen LogP contribution in [0.25, 0.3) is 0 Å². The number of rotatable bonds is 5. The number of hydrogen-bond donors (Lipinski definition) is 2. The van der Waals surface area contributed by atoms with Crippen molar-refractivity contribution in [2.24, 2.45) is 5.41 Å². The summed E-state index contributed by atoms with van der Waals surface area (Å²) in [7, 11) is 0. The van der Waals surface area contributed by atoms with Crippen LogP contribution < -0.4 is 5.32 Å². The van der Waals surface area contributed by atoms with E-state index in [2.05, 4.69) is 5.32 Å². The van der Waals surface area contributed by atoms with E-state index in [1.54, 1.807) is 20.1 Å². The Morgan fingerprint density at radius 1 is 1.67 bits per heavy atom. The second-order valence-corrected chi connectivity index (χ2v) is 4.31. The van der Waals surface area contributed by atoms with E-state index in [1.807, 2.05) is 19.1 Å². The first-order chi connectivity index (χ1) is 6.93. The highest BCUT2D eigenvalue weighted by Crippen LogP contribution is 2.17. The minimum absolute atomic E-state index is 0.0265. The highest BCUT2D eigenvalue weighted by atomic mass is 16.4. The van der Waals surface area contributed by atoms with Crippen molar-refractivity contribution in [2.45, 2.75) is 26.8 Å². The molecule has 2 N–H and O–H groups in total. The van der Waals surface area contributed by atoms with Gasteiger partial charge in [0.05, 0.1) is 17.7 Å². The summed E-state index contributed by atoms with van der Waals surface area (Å²) < 4.78 is 5.21. The molecule has 1 heterocycles. The van der Waals surface area contributed by atoms with Crippen LogP contribution in [0.4, 0.5) is 0 Å². The van der Waals surface area contributed by atoms with E-state index in [1.165, 1.54) is 0 Å². The van der Waals surface area contributed by atoms with Gasteiger partial charge in [0.25, 0.3) is 0 Å². The average molecular weight is 211 g/mol. The molecule has 0 aliphatic carbocycles. The van der Waals surface area contributed by atoms with Crippen molar-refractivity contribution >= 4 is 5.97 Å². The van der Waals surface area contributed by atoms with Gasteiger partial charge in [0.1, 0.15) is 5.76 Å². The SMILES string of the molecule is C[C@H](NCC(C)(C)C(=O)O)c1ccco1. The Balaban J connectivity index is 2.47. The van der Waals surface area contributed by atoms with Gasteiger partial charge in [-0.05, 0) is 32.9 Å². The first-order valence-corrected chi connectivity index (χ1v) is 4.93. The summed E-state index contributed by atoms with van der Waals surface area (Å²) in [4.78, 5) is 10.9. The lowest BCUT2D eigenvalue weighted by atomic mass is 9.93. The van der Waals surface area contributed by atoms with Gasteiger partial charge in [0, 0.05) is 6.54 Å². The number of carboxylic acid groups (broad SMARTS) is 1. The van der Waals surface area contributed by atoms with Gasteiger partial charge in [-0.3, -0.25) is 4.79 Å². The third-order valence-electron chi connectivity index (χ3n) is 2.40. The van der Waals surface area contributed by atoms with Crippen molar-refractivity contribution in [1.82, 2.24) is 5.32 Å². The molecule has 0 aliphatic rings. The largest absolute Gasteiger partial charge is 0.481 e. The molecule has 0 aromatic carbocycles. The van der Waals surface area contributed by atoms with Gasteiger partial charge < -0.3 is 14.8 Å². The Kier molecular flexibility index (Phi) is 3.52. The number of furan rings is 1. The fourth-order valence-electron chi connectivity index (χ4n) is 1.12. The van der Waals surface area contributed by atoms with E-state index >= 15 is 0 Å². The molecule has 0 bridgehead atoms. The Morgan fingerprint density at radius 2 is 2.33 bits per heavy atom.